The highest BCUT2D eigenvalue weighted by molar-refractivity contribution is 7.13. The third kappa shape index (κ3) is 2.92. The minimum absolute atomic E-state index is 0.0831. The molecular formula is C13H15N3OS. The third-order valence-corrected chi connectivity index (χ3v) is 3.17. The number of carbonyl (C=O) groups excluding carboxylic acids is 1. The van der Waals surface area contributed by atoms with Crippen molar-refractivity contribution in [2.75, 3.05) is 6.54 Å². The van der Waals surface area contributed by atoms with Crippen LogP contribution in [0.1, 0.15) is 24.2 Å². The lowest BCUT2D eigenvalue weighted by Crippen LogP contribution is -2.27. The number of pyridine rings is 1. The fourth-order valence-electron chi connectivity index (χ4n) is 1.51. The normalized spacial score (nSPS) is 10.6. The molecule has 0 aliphatic rings. The average Bonchev–Trinajstić information content (AvgIpc) is 2.89. The average molecular weight is 261 g/mol. The number of nitrogens with zero attached hydrogens (tertiary/aromatic N) is 2. The predicted octanol–water partition coefficient (Wildman–Crippen LogP) is 2.59. The number of amides is 1. The Labute approximate surface area is 110 Å². The van der Waals surface area contributed by atoms with Gasteiger partial charge in [-0.25, -0.2) is 0 Å². The van der Waals surface area contributed by atoms with Gasteiger partial charge in [0.05, 0.1) is 21.6 Å². The zero-order valence-corrected chi connectivity index (χ0v) is 11.2. The van der Waals surface area contributed by atoms with Gasteiger partial charge in [-0.3, -0.25) is 14.8 Å². The van der Waals surface area contributed by atoms with Crippen LogP contribution in [0.25, 0.3) is 10.6 Å². The Bertz CT molecular complexity index is 523. The van der Waals surface area contributed by atoms with Crippen LogP contribution < -0.4 is 5.32 Å². The van der Waals surface area contributed by atoms with Gasteiger partial charge in [-0.15, -0.1) is 11.3 Å². The number of rotatable bonds is 4. The highest BCUT2D eigenvalue weighted by Gasteiger charge is 2.14. The molecule has 18 heavy (non-hydrogen) atoms. The maximum absolute atomic E-state index is 12.1. The quantitative estimate of drug-likeness (QED) is 0.920. The summed E-state index contributed by atoms with van der Waals surface area (Å²) in [6.45, 7) is 4.79. The summed E-state index contributed by atoms with van der Waals surface area (Å²) in [5.74, 6) is 0.345. The van der Waals surface area contributed by atoms with Crippen LogP contribution in [0.15, 0.2) is 30.0 Å². The molecule has 0 aliphatic heterocycles. The van der Waals surface area contributed by atoms with Gasteiger partial charge >= 0.3 is 0 Å². The standard InChI is InChI=1S/C13H15N3OS/c1-9(2)6-16-13(17)10-4-3-5-15-12(10)11-7-14-8-18-11/h3-5,7-9H,6H2,1-2H3,(H,16,17). The van der Waals surface area contributed by atoms with Crippen molar-refractivity contribution in [1.29, 1.82) is 0 Å². The number of thiazole rings is 1. The van der Waals surface area contributed by atoms with Crippen molar-refractivity contribution >= 4 is 17.2 Å². The van der Waals surface area contributed by atoms with Gasteiger partial charge in [0.15, 0.2) is 0 Å². The van der Waals surface area contributed by atoms with Gasteiger partial charge < -0.3 is 5.32 Å². The van der Waals surface area contributed by atoms with Gasteiger partial charge in [0, 0.05) is 18.9 Å². The summed E-state index contributed by atoms with van der Waals surface area (Å²) in [4.78, 5) is 21.3. The molecule has 2 heterocycles. The summed E-state index contributed by atoms with van der Waals surface area (Å²) in [6, 6.07) is 3.56. The molecule has 2 aromatic heterocycles. The van der Waals surface area contributed by atoms with Gasteiger partial charge in [-0.05, 0) is 18.1 Å². The van der Waals surface area contributed by atoms with Crippen LogP contribution in [0, 0.1) is 5.92 Å². The fraction of sp³-hybridized carbons (Fsp3) is 0.308. The Morgan fingerprint density at radius 1 is 1.50 bits per heavy atom. The Balaban J connectivity index is 2.25. The highest BCUT2D eigenvalue weighted by Crippen LogP contribution is 2.24. The van der Waals surface area contributed by atoms with E-state index in [0.717, 1.165) is 4.88 Å². The summed E-state index contributed by atoms with van der Waals surface area (Å²) in [5, 5.41) is 2.91. The third-order valence-electron chi connectivity index (χ3n) is 2.39. The van der Waals surface area contributed by atoms with Crippen molar-refractivity contribution in [3.63, 3.8) is 0 Å². The van der Waals surface area contributed by atoms with Crippen molar-refractivity contribution in [1.82, 2.24) is 15.3 Å². The summed E-state index contributed by atoms with van der Waals surface area (Å²) in [6.07, 6.45) is 3.42. The molecule has 0 saturated carbocycles. The van der Waals surface area contributed by atoms with Crippen LogP contribution >= 0.6 is 11.3 Å². The molecule has 0 aromatic carbocycles. The smallest absolute Gasteiger partial charge is 0.253 e. The zero-order valence-electron chi connectivity index (χ0n) is 10.4. The minimum atomic E-state index is -0.0831. The number of carbonyl (C=O) groups is 1. The van der Waals surface area contributed by atoms with Crippen molar-refractivity contribution in [2.45, 2.75) is 13.8 Å². The number of nitrogens with one attached hydrogen (secondary N) is 1. The van der Waals surface area contributed by atoms with Gasteiger partial charge in [-0.2, -0.15) is 0 Å². The molecule has 0 radical (unpaired) electrons. The second kappa shape index (κ2) is 5.73. The van der Waals surface area contributed by atoms with Gasteiger partial charge in [0.2, 0.25) is 0 Å². The molecule has 5 heteroatoms. The summed E-state index contributed by atoms with van der Waals surface area (Å²) < 4.78 is 0. The number of hydrogen-bond donors (Lipinski definition) is 1. The fourth-order valence-corrected chi connectivity index (χ4v) is 2.14. The second-order valence-corrected chi connectivity index (χ2v) is 5.26. The molecule has 2 aromatic rings. The molecule has 94 valence electrons. The van der Waals surface area contributed by atoms with E-state index in [4.69, 9.17) is 0 Å². The molecule has 1 amide bonds. The van der Waals surface area contributed by atoms with Crippen LogP contribution in [-0.2, 0) is 0 Å². The first-order chi connectivity index (χ1) is 8.68. The summed E-state index contributed by atoms with van der Waals surface area (Å²) >= 11 is 1.48. The predicted molar refractivity (Wildman–Crippen MR) is 72.5 cm³/mol. The molecule has 0 unspecified atom stereocenters. The van der Waals surface area contributed by atoms with Gasteiger partial charge in [0.25, 0.3) is 5.91 Å². The minimum Gasteiger partial charge on any atom is -0.352 e. The molecule has 0 spiro atoms. The first-order valence-corrected chi connectivity index (χ1v) is 6.68. The SMILES string of the molecule is CC(C)CNC(=O)c1cccnc1-c1cncs1. The van der Waals surface area contributed by atoms with Crippen LogP contribution in [-0.4, -0.2) is 22.4 Å². The van der Waals surface area contributed by atoms with E-state index in [1.54, 1.807) is 30.0 Å². The topological polar surface area (TPSA) is 54.9 Å². The molecule has 0 bridgehead atoms. The Kier molecular flexibility index (Phi) is 4.04. The van der Waals surface area contributed by atoms with Crippen molar-refractivity contribution in [2.24, 2.45) is 5.92 Å². The maximum Gasteiger partial charge on any atom is 0.253 e. The van der Waals surface area contributed by atoms with E-state index >= 15 is 0 Å². The van der Waals surface area contributed by atoms with Gasteiger partial charge in [0.1, 0.15) is 0 Å². The van der Waals surface area contributed by atoms with E-state index in [-0.39, 0.29) is 5.91 Å². The molecule has 0 fully saturated rings. The molecule has 0 aliphatic carbocycles. The first kappa shape index (κ1) is 12.7. The van der Waals surface area contributed by atoms with Crippen LogP contribution in [0.5, 0.6) is 0 Å². The Morgan fingerprint density at radius 2 is 2.33 bits per heavy atom. The lowest BCUT2D eigenvalue weighted by molar-refractivity contribution is 0.0949. The van der Waals surface area contributed by atoms with Crippen LogP contribution in [0.4, 0.5) is 0 Å². The van der Waals surface area contributed by atoms with Crippen LogP contribution in [0.3, 0.4) is 0 Å². The monoisotopic (exact) mass is 261 g/mol. The Morgan fingerprint density at radius 3 is 3.00 bits per heavy atom. The van der Waals surface area contributed by atoms with E-state index in [1.165, 1.54) is 11.3 Å². The van der Waals surface area contributed by atoms with Gasteiger partial charge in [-0.1, -0.05) is 13.8 Å². The zero-order chi connectivity index (χ0) is 13.0. The molecule has 1 N–H and O–H groups in total. The maximum atomic E-state index is 12.1. The van der Waals surface area contributed by atoms with E-state index in [9.17, 15) is 4.79 Å². The van der Waals surface area contributed by atoms with E-state index in [2.05, 4.69) is 29.1 Å². The lowest BCUT2D eigenvalue weighted by atomic mass is 10.1. The van der Waals surface area contributed by atoms with Crippen molar-refractivity contribution in [3.8, 4) is 10.6 Å². The van der Waals surface area contributed by atoms with E-state index < -0.39 is 0 Å². The molecule has 0 saturated heterocycles. The molecule has 4 nitrogen and oxygen atoms in total. The molecule has 0 atom stereocenters. The summed E-state index contributed by atoms with van der Waals surface area (Å²) in [7, 11) is 0. The molecule has 2 rings (SSSR count). The largest absolute Gasteiger partial charge is 0.352 e. The number of aromatic nitrogens is 2. The van der Waals surface area contributed by atoms with Crippen molar-refractivity contribution in [3.05, 3.63) is 35.6 Å². The highest BCUT2D eigenvalue weighted by atomic mass is 32.1. The lowest BCUT2D eigenvalue weighted by Gasteiger charge is -2.09. The molecular weight excluding hydrogens is 246 g/mol. The van der Waals surface area contributed by atoms with E-state index in [0.29, 0.717) is 23.7 Å². The van der Waals surface area contributed by atoms with Crippen molar-refractivity contribution < 1.29 is 4.79 Å². The Hall–Kier alpha value is -1.75. The second-order valence-electron chi connectivity index (χ2n) is 4.37. The van der Waals surface area contributed by atoms with E-state index in [1.807, 2.05) is 0 Å². The first-order valence-electron chi connectivity index (χ1n) is 5.80. The van der Waals surface area contributed by atoms with Crippen LogP contribution in [0.2, 0.25) is 0 Å². The number of hydrogen-bond acceptors (Lipinski definition) is 4. The summed E-state index contributed by atoms with van der Waals surface area (Å²) in [5.41, 5.74) is 3.03.